The van der Waals surface area contributed by atoms with Gasteiger partial charge in [-0.25, -0.2) is 0 Å². The lowest BCUT2D eigenvalue weighted by atomic mass is 10.1. The molecule has 0 aromatic carbocycles. The minimum Gasteiger partial charge on any atom is -0.0885 e. The Morgan fingerprint density at radius 3 is 2.38 bits per heavy atom. The van der Waals surface area contributed by atoms with Gasteiger partial charge < -0.3 is 0 Å². The van der Waals surface area contributed by atoms with Crippen LogP contribution in [0.3, 0.4) is 0 Å². The second kappa shape index (κ2) is 7.85. The van der Waals surface area contributed by atoms with Crippen LogP contribution in [0.5, 0.6) is 0 Å². The zero-order valence-corrected chi connectivity index (χ0v) is 8.28. The summed E-state index contributed by atoms with van der Waals surface area (Å²) < 4.78 is 0. The van der Waals surface area contributed by atoms with Crippen molar-refractivity contribution in [3.63, 3.8) is 0 Å². The number of hydrogen-bond donors (Lipinski definition) is 0. The van der Waals surface area contributed by atoms with Crippen LogP contribution in [0.15, 0.2) is 36.5 Å². The average molecular weight is 175 g/mol. The van der Waals surface area contributed by atoms with E-state index in [4.69, 9.17) is 0 Å². The minimum atomic E-state index is 1.12. The molecule has 0 heterocycles. The van der Waals surface area contributed by atoms with Crippen LogP contribution in [0.1, 0.15) is 38.5 Å². The van der Waals surface area contributed by atoms with Gasteiger partial charge in [-0.2, -0.15) is 0 Å². The Morgan fingerprint density at radius 2 is 1.38 bits per heavy atom. The molecule has 0 saturated heterocycles. The molecule has 0 atom stereocenters. The Labute approximate surface area is 82.0 Å². The van der Waals surface area contributed by atoms with E-state index in [1.807, 2.05) is 0 Å². The first-order valence-electron chi connectivity index (χ1n) is 5.28. The van der Waals surface area contributed by atoms with E-state index in [1.165, 1.54) is 32.1 Å². The Morgan fingerprint density at radius 1 is 0.615 bits per heavy atom. The molecule has 0 amide bonds. The van der Waals surface area contributed by atoms with E-state index >= 15 is 0 Å². The molecule has 71 valence electrons. The topological polar surface area (TPSA) is 0 Å². The highest BCUT2D eigenvalue weighted by atomic mass is 13.9. The molecule has 1 radical (unpaired) electrons. The van der Waals surface area contributed by atoms with Gasteiger partial charge in [-0.3, -0.25) is 0 Å². The summed E-state index contributed by atoms with van der Waals surface area (Å²) in [6.45, 7) is 0. The molecular weight excluding hydrogens is 156 g/mol. The molecule has 0 bridgehead atoms. The standard InChI is InChI=1S/C13H19/c1-2-4-6-8-10-12-13-11-9-7-5-3-1/h1-4,7,10,12H,5-6,8-9,11,13H2. The molecule has 0 aromatic rings. The second-order valence-electron chi connectivity index (χ2n) is 3.36. The van der Waals surface area contributed by atoms with Gasteiger partial charge in [-0.05, 0) is 44.9 Å². The van der Waals surface area contributed by atoms with Gasteiger partial charge in [-0.1, -0.05) is 36.5 Å². The van der Waals surface area contributed by atoms with Gasteiger partial charge in [0.2, 0.25) is 0 Å². The van der Waals surface area contributed by atoms with Crippen LogP contribution in [0.4, 0.5) is 0 Å². The van der Waals surface area contributed by atoms with Crippen LogP contribution >= 0.6 is 0 Å². The van der Waals surface area contributed by atoms with Crippen molar-refractivity contribution < 1.29 is 0 Å². The van der Waals surface area contributed by atoms with Crippen LogP contribution in [-0.4, -0.2) is 0 Å². The van der Waals surface area contributed by atoms with E-state index in [1.54, 1.807) is 0 Å². The zero-order chi connectivity index (χ0) is 9.19. The molecule has 0 heteroatoms. The van der Waals surface area contributed by atoms with Crippen molar-refractivity contribution in [2.75, 3.05) is 0 Å². The van der Waals surface area contributed by atoms with Gasteiger partial charge in [0, 0.05) is 0 Å². The van der Waals surface area contributed by atoms with Gasteiger partial charge >= 0.3 is 0 Å². The molecule has 0 saturated carbocycles. The predicted octanol–water partition coefficient (Wildman–Crippen LogP) is 4.21. The predicted molar refractivity (Wildman–Crippen MR) is 59.4 cm³/mol. The second-order valence-corrected chi connectivity index (χ2v) is 3.36. The molecule has 0 unspecified atom stereocenters. The maximum Gasteiger partial charge on any atom is -0.0313 e. The van der Waals surface area contributed by atoms with Crippen LogP contribution in [-0.2, 0) is 0 Å². The van der Waals surface area contributed by atoms with Gasteiger partial charge in [0.15, 0.2) is 0 Å². The SMILES string of the molecule is [CH]1CC=CC=CCCC=CCCC1. The Kier molecular flexibility index (Phi) is 6.22. The van der Waals surface area contributed by atoms with Crippen LogP contribution in [0.2, 0.25) is 0 Å². The smallest absolute Gasteiger partial charge is 0.0313 e. The molecule has 1 aliphatic carbocycles. The van der Waals surface area contributed by atoms with Crippen molar-refractivity contribution >= 4 is 0 Å². The monoisotopic (exact) mass is 175 g/mol. The van der Waals surface area contributed by atoms with Crippen LogP contribution in [0.25, 0.3) is 0 Å². The Bertz CT molecular complexity index is 184. The van der Waals surface area contributed by atoms with E-state index in [2.05, 4.69) is 42.9 Å². The van der Waals surface area contributed by atoms with E-state index in [-0.39, 0.29) is 0 Å². The molecule has 0 aromatic heterocycles. The quantitative estimate of drug-likeness (QED) is 0.484. The summed E-state index contributed by atoms with van der Waals surface area (Å²) in [7, 11) is 0. The highest BCUT2D eigenvalue weighted by Crippen LogP contribution is 2.05. The first-order chi connectivity index (χ1) is 6.50. The minimum absolute atomic E-state index is 1.12. The third-order valence-corrected chi connectivity index (χ3v) is 2.13. The van der Waals surface area contributed by atoms with E-state index in [9.17, 15) is 0 Å². The summed E-state index contributed by atoms with van der Waals surface area (Å²) >= 11 is 0. The highest BCUT2D eigenvalue weighted by molar-refractivity contribution is 5.04. The summed E-state index contributed by atoms with van der Waals surface area (Å²) in [4.78, 5) is 0. The molecule has 1 aliphatic rings. The maximum atomic E-state index is 2.36. The maximum absolute atomic E-state index is 2.36. The number of rotatable bonds is 0. The van der Waals surface area contributed by atoms with Crippen molar-refractivity contribution in [2.24, 2.45) is 0 Å². The lowest BCUT2D eigenvalue weighted by Crippen LogP contribution is -1.75. The van der Waals surface area contributed by atoms with Crippen molar-refractivity contribution in [3.8, 4) is 0 Å². The lowest BCUT2D eigenvalue weighted by Gasteiger charge is -1.93. The van der Waals surface area contributed by atoms with Crippen molar-refractivity contribution in [1.29, 1.82) is 0 Å². The number of hydrogen-bond acceptors (Lipinski definition) is 0. The first kappa shape index (κ1) is 10.3. The van der Waals surface area contributed by atoms with Gasteiger partial charge in [0.1, 0.15) is 0 Å². The average Bonchev–Trinajstić information content (AvgIpc) is 2.18. The summed E-state index contributed by atoms with van der Waals surface area (Å²) in [6.07, 6.45) is 23.0. The molecule has 0 aliphatic heterocycles. The Hall–Kier alpha value is -0.780. The van der Waals surface area contributed by atoms with Crippen molar-refractivity contribution in [2.45, 2.75) is 38.5 Å². The molecular formula is C13H19. The Balaban J connectivity index is 2.28. The normalized spacial score (nSPS) is 20.3. The summed E-state index contributed by atoms with van der Waals surface area (Å²) in [6, 6.07) is 0. The number of allylic oxidation sites excluding steroid dienone is 6. The molecule has 0 spiro atoms. The molecule has 0 N–H and O–H groups in total. The van der Waals surface area contributed by atoms with E-state index < -0.39 is 0 Å². The highest BCUT2D eigenvalue weighted by Gasteiger charge is 1.86. The summed E-state index contributed by atoms with van der Waals surface area (Å²) in [5, 5.41) is 0. The molecule has 1 rings (SSSR count). The van der Waals surface area contributed by atoms with E-state index in [0.29, 0.717) is 0 Å². The third kappa shape index (κ3) is 6.39. The molecule has 13 heavy (non-hydrogen) atoms. The fourth-order valence-corrected chi connectivity index (χ4v) is 1.35. The molecule has 0 fully saturated rings. The molecule has 0 nitrogen and oxygen atoms in total. The summed E-state index contributed by atoms with van der Waals surface area (Å²) in [5.74, 6) is 0. The van der Waals surface area contributed by atoms with Gasteiger partial charge in [-0.15, -0.1) is 0 Å². The van der Waals surface area contributed by atoms with Crippen LogP contribution in [0, 0.1) is 6.42 Å². The largest absolute Gasteiger partial charge is 0.0885 e. The lowest BCUT2D eigenvalue weighted by molar-refractivity contribution is 0.808. The third-order valence-electron chi connectivity index (χ3n) is 2.13. The summed E-state index contributed by atoms with van der Waals surface area (Å²) in [5.41, 5.74) is 0. The van der Waals surface area contributed by atoms with Gasteiger partial charge in [0.05, 0.1) is 0 Å². The van der Waals surface area contributed by atoms with Crippen LogP contribution < -0.4 is 0 Å². The van der Waals surface area contributed by atoms with Crippen molar-refractivity contribution in [3.05, 3.63) is 42.9 Å². The van der Waals surface area contributed by atoms with Gasteiger partial charge in [0.25, 0.3) is 0 Å². The first-order valence-corrected chi connectivity index (χ1v) is 5.28. The van der Waals surface area contributed by atoms with Crippen molar-refractivity contribution in [1.82, 2.24) is 0 Å². The fraction of sp³-hybridized carbons (Fsp3) is 0.462. The zero-order valence-electron chi connectivity index (χ0n) is 8.28. The fourth-order valence-electron chi connectivity index (χ4n) is 1.35. The van der Waals surface area contributed by atoms with E-state index in [0.717, 1.165) is 6.42 Å².